The molecule has 0 aromatic heterocycles. The maximum atomic E-state index is 4.25. The van der Waals surface area contributed by atoms with E-state index in [1.54, 1.807) is 0 Å². The van der Waals surface area contributed by atoms with Gasteiger partial charge < -0.3 is 0 Å². The Morgan fingerprint density at radius 2 is 0.789 bits per heavy atom. The number of allylic oxidation sites excluding steroid dienone is 3. The second-order valence-corrected chi connectivity index (χ2v) is 10.5. The summed E-state index contributed by atoms with van der Waals surface area (Å²) in [6.45, 7) is 6.38. The zero-order valence-electron chi connectivity index (χ0n) is 21.7. The first kappa shape index (κ1) is 22.8. The number of benzene rings is 5. The molecule has 0 fully saturated rings. The number of hydrogen-bond donors (Lipinski definition) is 0. The maximum Gasteiger partial charge on any atom is 0.00359 e. The molecule has 5 aromatic carbocycles. The zero-order chi connectivity index (χ0) is 25.6. The van der Waals surface area contributed by atoms with Crippen LogP contribution in [0, 0.1) is 0 Å². The summed E-state index contributed by atoms with van der Waals surface area (Å²) < 4.78 is 0. The fraction of sp³-hybridized carbons (Fsp3) is 0.105. The predicted molar refractivity (Wildman–Crippen MR) is 162 cm³/mol. The van der Waals surface area contributed by atoms with Crippen LogP contribution < -0.4 is 0 Å². The van der Waals surface area contributed by atoms with E-state index in [4.69, 9.17) is 0 Å². The summed E-state index contributed by atoms with van der Waals surface area (Å²) in [4.78, 5) is 0. The highest BCUT2D eigenvalue weighted by molar-refractivity contribution is 5.83. The molecule has 19 rings (SSSR count). The summed E-state index contributed by atoms with van der Waals surface area (Å²) in [5, 5.41) is 0. The summed E-state index contributed by atoms with van der Waals surface area (Å²) in [5.74, 6) is 0.722. The van der Waals surface area contributed by atoms with Crippen molar-refractivity contribution >= 4 is 0 Å². The van der Waals surface area contributed by atoms with E-state index < -0.39 is 0 Å². The fourth-order valence-electron chi connectivity index (χ4n) is 6.46. The molecule has 5 aromatic rings. The van der Waals surface area contributed by atoms with Gasteiger partial charge in [0.2, 0.25) is 0 Å². The van der Waals surface area contributed by atoms with E-state index in [2.05, 4.69) is 141 Å². The lowest BCUT2D eigenvalue weighted by Crippen LogP contribution is -1.97. The molecule has 14 aliphatic rings. The van der Waals surface area contributed by atoms with Crippen LogP contribution in [0.2, 0.25) is 0 Å². The Hall–Kier alpha value is -4.42. The van der Waals surface area contributed by atoms with Crippen LogP contribution in [0.4, 0.5) is 0 Å². The number of hydrogen-bond acceptors (Lipinski definition) is 0. The van der Waals surface area contributed by atoms with E-state index >= 15 is 0 Å². The van der Waals surface area contributed by atoms with Gasteiger partial charge in [0.05, 0.1) is 0 Å². The molecule has 0 nitrogen and oxygen atoms in total. The topological polar surface area (TPSA) is 0 Å². The summed E-state index contributed by atoms with van der Waals surface area (Å²) in [6.07, 6.45) is 7.79. The van der Waals surface area contributed by atoms with Gasteiger partial charge in [-0.05, 0) is 80.1 Å². The minimum atomic E-state index is 0.337. The standard InChI is InChI=1S/C38H30/c1-3-5-34-24-25(4-2)37-35-22-23-36(38(34)37)33-20-16-31(17-21-33)29-12-8-27(9-13-29)26-6-10-28(11-7-26)30-14-18-32(35)19-15-30/h3-23,25,34H,2,24H2,1H3/b5-3+,27-26?,30-28?,31-29?,35-32?,36-33?. The van der Waals surface area contributed by atoms with Crippen molar-refractivity contribution < 1.29 is 0 Å². The van der Waals surface area contributed by atoms with Gasteiger partial charge in [0.25, 0.3) is 0 Å². The Kier molecular flexibility index (Phi) is 5.48. The van der Waals surface area contributed by atoms with Gasteiger partial charge >= 0.3 is 0 Å². The van der Waals surface area contributed by atoms with E-state index in [0.717, 1.165) is 6.42 Å². The van der Waals surface area contributed by atoms with Crippen molar-refractivity contribution in [3.05, 3.63) is 145 Å². The third-order valence-electron chi connectivity index (χ3n) is 8.41. The highest BCUT2D eigenvalue weighted by atomic mass is 14.4. The molecule has 182 valence electrons. The summed E-state index contributed by atoms with van der Waals surface area (Å²) in [7, 11) is 0. The number of rotatable bonds is 2. The van der Waals surface area contributed by atoms with Gasteiger partial charge in [-0.1, -0.05) is 127 Å². The molecule has 0 heteroatoms. The van der Waals surface area contributed by atoms with Crippen LogP contribution in [-0.2, 0) is 0 Å². The van der Waals surface area contributed by atoms with Gasteiger partial charge in [0.1, 0.15) is 0 Å². The molecule has 0 spiro atoms. The van der Waals surface area contributed by atoms with Gasteiger partial charge in [-0.25, -0.2) is 0 Å². The first-order valence-electron chi connectivity index (χ1n) is 13.6. The van der Waals surface area contributed by atoms with Crippen molar-refractivity contribution in [2.75, 3.05) is 0 Å². The van der Waals surface area contributed by atoms with E-state index in [1.165, 1.54) is 66.8 Å². The van der Waals surface area contributed by atoms with Crippen LogP contribution in [0.5, 0.6) is 0 Å². The third kappa shape index (κ3) is 3.68. The van der Waals surface area contributed by atoms with E-state index in [1.807, 2.05) is 0 Å². The molecular weight excluding hydrogens is 456 g/mol. The molecular formula is C38H30. The molecule has 38 heavy (non-hydrogen) atoms. The van der Waals surface area contributed by atoms with Gasteiger partial charge in [0, 0.05) is 11.8 Å². The van der Waals surface area contributed by atoms with Crippen molar-refractivity contribution in [3.63, 3.8) is 0 Å². The predicted octanol–water partition coefficient (Wildman–Crippen LogP) is 10.7. The monoisotopic (exact) mass is 486 g/mol. The second-order valence-electron chi connectivity index (χ2n) is 10.5. The molecule has 14 aliphatic carbocycles. The van der Waals surface area contributed by atoms with Gasteiger partial charge in [-0.2, -0.15) is 0 Å². The Balaban J connectivity index is 1.50. The van der Waals surface area contributed by atoms with Crippen LogP contribution in [0.25, 0.3) is 55.6 Å². The maximum absolute atomic E-state index is 4.25. The largest absolute Gasteiger partial charge is 0.102 e. The van der Waals surface area contributed by atoms with E-state index in [9.17, 15) is 0 Å². The van der Waals surface area contributed by atoms with Crippen LogP contribution >= 0.6 is 0 Å². The average molecular weight is 487 g/mol. The quantitative estimate of drug-likeness (QED) is 0.214. The van der Waals surface area contributed by atoms with Crippen molar-refractivity contribution in [1.29, 1.82) is 0 Å². The minimum Gasteiger partial charge on any atom is -0.102 e. The highest BCUT2D eigenvalue weighted by Crippen LogP contribution is 2.51. The Morgan fingerprint density at radius 1 is 0.474 bits per heavy atom. The van der Waals surface area contributed by atoms with Crippen molar-refractivity contribution in [2.45, 2.75) is 25.2 Å². The molecule has 2 atom stereocenters. The highest BCUT2D eigenvalue weighted by Gasteiger charge is 2.33. The lowest BCUT2D eigenvalue weighted by atomic mass is 9.85. The van der Waals surface area contributed by atoms with Crippen molar-refractivity contribution in [3.8, 4) is 55.6 Å². The summed E-state index contributed by atoms with van der Waals surface area (Å²) in [5.41, 5.74) is 15.5. The zero-order valence-corrected chi connectivity index (χ0v) is 21.7. The summed E-state index contributed by atoms with van der Waals surface area (Å²) in [6, 6.07) is 40.7. The molecule has 0 saturated heterocycles. The average Bonchev–Trinajstić information content (AvgIpc) is 3.35. The molecule has 0 radical (unpaired) electrons. The Labute approximate surface area is 225 Å². The van der Waals surface area contributed by atoms with Gasteiger partial charge in [-0.3, -0.25) is 0 Å². The van der Waals surface area contributed by atoms with Gasteiger partial charge in [0.15, 0.2) is 0 Å². The first-order valence-corrected chi connectivity index (χ1v) is 13.6. The van der Waals surface area contributed by atoms with Crippen LogP contribution in [-0.4, -0.2) is 0 Å². The van der Waals surface area contributed by atoms with Gasteiger partial charge in [-0.15, -0.1) is 6.58 Å². The molecule has 10 bridgehead atoms. The molecule has 0 N–H and O–H groups in total. The summed E-state index contributed by atoms with van der Waals surface area (Å²) >= 11 is 0. The SMILES string of the molecule is C=CC1CC(/C=C/C)c2c3ccc(c21)-c1ccc(cc1)-c1ccc(cc1)-c1ccc(cc1)-c1ccc-3cc1. The molecule has 0 amide bonds. The van der Waals surface area contributed by atoms with Crippen LogP contribution in [0.1, 0.15) is 36.3 Å². The molecule has 0 heterocycles. The third-order valence-corrected chi connectivity index (χ3v) is 8.41. The molecule has 0 aliphatic heterocycles. The fourth-order valence-corrected chi connectivity index (χ4v) is 6.46. The normalized spacial score (nSPS) is 17.0. The van der Waals surface area contributed by atoms with Crippen molar-refractivity contribution in [1.82, 2.24) is 0 Å². The second kappa shape index (κ2) is 9.15. The Morgan fingerprint density at radius 3 is 1.11 bits per heavy atom. The smallest absolute Gasteiger partial charge is 0.00359 e. The van der Waals surface area contributed by atoms with Crippen molar-refractivity contribution in [2.24, 2.45) is 0 Å². The Bertz CT molecular complexity index is 1660. The lowest BCUT2D eigenvalue weighted by molar-refractivity contribution is 0.750. The van der Waals surface area contributed by atoms with Crippen LogP contribution in [0.15, 0.2) is 134 Å². The van der Waals surface area contributed by atoms with Crippen LogP contribution in [0.3, 0.4) is 0 Å². The van der Waals surface area contributed by atoms with E-state index in [-0.39, 0.29) is 0 Å². The first-order chi connectivity index (χ1) is 18.7. The molecule has 0 saturated carbocycles. The minimum absolute atomic E-state index is 0.337. The molecule has 2 unspecified atom stereocenters. The van der Waals surface area contributed by atoms with E-state index in [0.29, 0.717) is 11.8 Å². The lowest BCUT2D eigenvalue weighted by Gasteiger charge is -2.19.